The van der Waals surface area contributed by atoms with Gasteiger partial charge in [-0.05, 0) is 42.2 Å². The van der Waals surface area contributed by atoms with Crippen molar-refractivity contribution in [2.75, 3.05) is 0 Å². The van der Waals surface area contributed by atoms with Gasteiger partial charge in [0, 0.05) is 23.7 Å². The average Bonchev–Trinajstić information content (AvgIpc) is 2.63. The Kier molecular flexibility index (Phi) is 6.13. The highest BCUT2D eigenvalue weighted by atomic mass is 32.2. The molecule has 6 heteroatoms. The molecular weight excluding hydrogens is 334 g/mol. The first kappa shape index (κ1) is 18.5. The zero-order valence-corrected chi connectivity index (χ0v) is 14.8. The molecule has 1 aliphatic heterocycles. The molecule has 0 saturated carbocycles. The predicted molar refractivity (Wildman–Crippen MR) is 97.2 cm³/mol. The monoisotopic (exact) mass is 353 g/mol. The molecule has 0 bridgehead atoms. The number of nitriles is 1. The lowest BCUT2D eigenvalue weighted by molar-refractivity contribution is 0.604. The van der Waals surface area contributed by atoms with Gasteiger partial charge in [0.05, 0.1) is 4.90 Å². The number of unbranched alkanes of at least 4 members (excludes halogenated alkanes) is 1. The summed E-state index contributed by atoms with van der Waals surface area (Å²) in [7, 11) is -3.56. The summed E-state index contributed by atoms with van der Waals surface area (Å²) in [5.41, 5.74) is 1.46. The second-order valence-corrected chi connectivity index (χ2v) is 7.29. The SMILES string of the molecule is CCCCC1=CN(C(=C=N)C#N)C=C/C1=C\S(=O)(=O)c1ccccc1. The lowest BCUT2D eigenvalue weighted by atomic mass is 10.0. The van der Waals surface area contributed by atoms with Crippen LogP contribution in [0, 0.1) is 16.7 Å². The van der Waals surface area contributed by atoms with Gasteiger partial charge in [-0.1, -0.05) is 31.5 Å². The number of hydrogen-bond donors (Lipinski definition) is 1. The second-order valence-electron chi connectivity index (χ2n) is 5.50. The molecule has 5 nitrogen and oxygen atoms in total. The molecule has 0 radical (unpaired) electrons. The van der Waals surface area contributed by atoms with Crippen LogP contribution in [-0.2, 0) is 9.84 Å². The van der Waals surface area contributed by atoms with E-state index in [1.807, 2.05) is 6.07 Å². The molecule has 0 aliphatic carbocycles. The lowest BCUT2D eigenvalue weighted by Crippen LogP contribution is -2.14. The summed E-state index contributed by atoms with van der Waals surface area (Å²) in [6.45, 7) is 2.05. The molecule has 0 aromatic heterocycles. The summed E-state index contributed by atoms with van der Waals surface area (Å²) in [4.78, 5) is 1.73. The minimum atomic E-state index is -3.56. The van der Waals surface area contributed by atoms with E-state index in [1.165, 1.54) is 10.3 Å². The molecule has 1 heterocycles. The van der Waals surface area contributed by atoms with Gasteiger partial charge in [-0.15, -0.1) is 0 Å². The van der Waals surface area contributed by atoms with Crippen molar-refractivity contribution in [3.8, 4) is 6.07 Å². The molecule has 1 aromatic carbocycles. The average molecular weight is 353 g/mol. The molecular formula is C19H19N3O2S. The fourth-order valence-electron chi connectivity index (χ4n) is 2.38. The van der Waals surface area contributed by atoms with Gasteiger partial charge in [0.2, 0.25) is 0 Å². The van der Waals surface area contributed by atoms with Crippen molar-refractivity contribution in [2.45, 2.75) is 31.1 Å². The third kappa shape index (κ3) is 4.57. The van der Waals surface area contributed by atoms with Crippen molar-refractivity contribution in [1.82, 2.24) is 4.90 Å². The number of allylic oxidation sites excluding steroid dienone is 4. The number of nitrogens with one attached hydrogen (secondary N) is 1. The first-order valence-corrected chi connectivity index (χ1v) is 9.45. The van der Waals surface area contributed by atoms with E-state index in [2.05, 4.69) is 12.8 Å². The number of sulfone groups is 1. The van der Waals surface area contributed by atoms with Crippen LogP contribution in [0.5, 0.6) is 0 Å². The Morgan fingerprint density at radius 3 is 2.64 bits per heavy atom. The molecule has 0 unspecified atom stereocenters. The molecule has 128 valence electrons. The van der Waals surface area contributed by atoms with E-state index < -0.39 is 9.84 Å². The summed E-state index contributed by atoms with van der Waals surface area (Å²) in [5, 5.41) is 17.5. The summed E-state index contributed by atoms with van der Waals surface area (Å²) in [6.07, 6.45) is 7.46. The van der Waals surface area contributed by atoms with Crippen LogP contribution < -0.4 is 0 Å². The van der Waals surface area contributed by atoms with Gasteiger partial charge >= 0.3 is 0 Å². The molecule has 25 heavy (non-hydrogen) atoms. The summed E-state index contributed by atoms with van der Waals surface area (Å²) in [6, 6.07) is 10.2. The molecule has 0 spiro atoms. The van der Waals surface area contributed by atoms with Crippen LogP contribution in [0.15, 0.2) is 76.0 Å². The Morgan fingerprint density at radius 1 is 1.32 bits per heavy atom. The summed E-state index contributed by atoms with van der Waals surface area (Å²) in [5.74, 6) is 2.08. The van der Waals surface area contributed by atoms with Gasteiger partial charge in [-0.3, -0.25) is 5.41 Å². The molecule has 1 N–H and O–H groups in total. The van der Waals surface area contributed by atoms with E-state index in [1.54, 1.807) is 48.8 Å². The molecule has 0 fully saturated rings. The van der Waals surface area contributed by atoms with Gasteiger partial charge in [0.25, 0.3) is 0 Å². The molecule has 2 rings (SSSR count). The Hall–Kier alpha value is -2.87. The maximum Gasteiger partial charge on any atom is 0.200 e. The zero-order valence-electron chi connectivity index (χ0n) is 13.9. The number of hydrogen-bond acceptors (Lipinski definition) is 5. The lowest BCUT2D eigenvalue weighted by Gasteiger charge is -2.21. The Morgan fingerprint density at radius 2 is 2.04 bits per heavy atom. The maximum absolute atomic E-state index is 12.6. The largest absolute Gasteiger partial charge is 0.307 e. The number of rotatable bonds is 6. The van der Waals surface area contributed by atoms with Crippen LogP contribution in [0.3, 0.4) is 0 Å². The van der Waals surface area contributed by atoms with Crippen molar-refractivity contribution >= 4 is 15.7 Å². The third-order valence-electron chi connectivity index (χ3n) is 3.72. The van der Waals surface area contributed by atoms with Gasteiger partial charge in [0.1, 0.15) is 6.07 Å². The smallest absolute Gasteiger partial charge is 0.200 e. The predicted octanol–water partition coefficient (Wildman–Crippen LogP) is 3.90. The van der Waals surface area contributed by atoms with Crippen molar-refractivity contribution in [3.63, 3.8) is 0 Å². The van der Waals surface area contributed by atoms with Crippen LogP contribution in [0.4, 0.5) is 0 Å². The molecule has 0 amide bonds. The van der Waals surface area contributed by atoms with Crippen LogP contribution in [0.25, 0.3) is 0 Å². The van der Waals surface area contributed by atoms with Crippen molar-refractivity contribution in [3.05, 3.63) is 71.1 Å². The zero-order chi connectivity index (χ0) is 18.3. The van der Waals surface area contributed by atoms with E-state index in [-0.39, 0.29) is 10.6 Å². The van der Waals surface area contributed by atoms with Crippen molar-refractivity contribution in [2.24, 2.45) is 0 Å². The van der Waals surface area contributed by atoms with Crippen molar-refractivity contribution in [1.29, 1.82) is 10.7 Å². The Bertz CT molecular complexity index is 913. The fourth-order valence-corrected chi connectivity index (χ4v) is 3.62. The molecule has 1 aliphatic rings. The molecule has 0 atom stereocenters. The second kappa shape index (κ2) is 8.29. The minimum absolute atomic E-state index is 0.0511. The van der Waals surface area contributed by atoms with Gasteiger partial charge < -0.3 is 4.90 Å². The van der Waals surface area contributed by atoms with Gasteiger partial charge in [-0.2, -0.15) is 5.26 Å². The number of benzene rings is 1. The topological polar surface area (TPSA) is 85.0 Å². The highest BCUT2D eigenvalue weighted by molar-refractivity contribution is 7.94. The van der Waals surface area contributed by atoms with Crippen molar-refractivity contribution < 1.29 is 8.42 Å². The first-order chi connectivity index (χ1) is 12.0. The van der Waals surface area contributed by atoms with Gasteiger partial charge in [0.15, 0.2) is 15.5 Å². The highest BCUT2D eigenvalue weighted by Crippen LogP contribution is 2.27. The summed E-state index contributed by atoms with van der Waals surface area (Å²) >= 11 is 0. The Labute approximate surface area is 148 Å². The Balaban J connectivity index is 2.43. The minimum Gasteiger partial charge on any atom is -0.307 e. The number of nitrogens with zero attached hydrogens (tertiary/aromatic N) is 2. The van der Waals surface area contributed by atoms with E-state index >= 15 is 0 Å². The van der Waals surface area contributed by atoms with Gasteiger partial charge in [-0.25, -0.2) is 8.42 Å². The quantitative estimate of drug-likeness (QED) is 0.621. The van der Waals surface area contributed by atoms with Crippen LogP contribution >= 0.6 is 0 Å². The first-order valence-electron chi connectivity index (χ1n) is 7.91. The van der Waals surface area contributed by atoms with Crippen LogP contribution in [0.1, 0.15) is 26.2 Å². The van der Waals surface area contributed by atoms with E-state index in [4.69, 9.17) is 10.7 Å². The standard InChI is InChI=1S/C19H19N3O2S/c1-2-3-7-16-14-22(18(12-20)13-21)11-10-17(16)15-25(23,24)19-8-5-4-6-9-19/h4-6,8-11,14-15,20H,2-3,7H2,1H3/b17-15+. The maximum atomic E-state index is 12.6. The van der Waals surface area contributed by atoms with Crippen LogP contribution in [0.2, 0.25) is 0 Å². The van der Waals surface area contributed by atoms with E-state index in [0.717, 1.165) is 18.4 Å². The van der Waals surface area contributed by atoms with E-state index in [0.29, 0.717) is 12.0 Å². The van der Waals surface area contributed by atoms with Crippen LogP contribution in [-0.4, -0.2) is 19.2 Å². The molecule has 0 saturated heterocycles. The van der Waals surface area contributed by atoms with E-state index in [9.17, 15) is 8.42 Å². The summed E-state index contributed by atoms with van der Waals surface area (Å²) < 4.78 is 25.2. The fraction of sp³-hybridized carbons (Fsp3) is 0.211. The molecule has 1 aromatic rings. The normalized spacial score (nSPS) is 15.4. The highest BCUT2D eigenvalue weighted by Gasteiger charge is 2.17. The third-order valence-corrected chi connectivity index (χ3v) is 5.21.